The topological polar surface area (TPSA) is 89.0 Å². The maximum absolute atomic E-state index is 12.0. The van der Waals surface area contributed by atoms with Gasteiger partial charge in [-0.15, -0.1) is 11.8 Å². The number of hydrogen-bond donors (Lipinski definition) is 2. The molecule has 3 rings (SSSR count). The fourth-order valence-electron chi connectivity index (χ4n) is 2.56. The molecule has 0 aromatic heterocycles. The van der Waals surface area contributed by atoms with Crippen LogP contribution in [0.2, 0.25) is 5.02 Å². The van der Waals surface area contributed by atoms with Crippen LogP contribution in [0.5, 0.6) is 11.5 Å². The van der Waals surface area contributed by atoms with Crippen molar-refractivity contribution in [2.24, 2.45) is 5.10 Å². The largest absolute Gasteiger partial charge is 0.497 e. The SMILES string of the molecule is COc1ccc(NC(=O)COc2ccc(/C=N\NC(=O)CSc3ccc(Cl)cc3)cc2)cc1. The number of hydrazone groups is 1. The summed E-state index contributed by atoms with van der Waals surface area (Å²) in [5.41, 5.74) is 3.92. The summed E-state index contributed by atoms with van der Waals surface area (Å²) in [6.45, 7) is -0.124. The van der Waals surface area contributed by atoms with E-state index in [9.17, 15) is 9.59 Å². The van der Waals surface area contributed by atoms with E-state index < -0.39 is 0 Å². The monoisotopic (exact) mass is 483 g/mol. The number of carbonyl (C=O) groups excluding carboxylic acids is 2. The van der Waals surface area contributed by atoms with E-state index in [1.807, 2.05) is 12.1 Å². The van der Waals surface area contributed by atoms with E-state index in [1.54, 1.807) is 67.8 Å². The van der Waals surface area contributed by atoms with Gasteiger partial charge in [-0.25, -0.2) is 5.43 Å². The fraction of sp³-hybridized carbons (Fsp3) is 0.125. The summed E-state index contributed by atoms with van der Waals surface area (Å²) >= 11 is 7.24. The number of benzene rings is 3. The van der Waals surface area contributed by atoms with Crippen molar-refractivity contribution in [3.8, 4) is 11.5 Å². The standard InChI is InChI=1S/C24H22ClN3O4S/c1-31-20-10-6-19(7-11-20)27-23(29)15-32-21-8-2-17(3-9-21)14-26-28-24(30)16-33-22-12-4-18(25)5-13-22/h2-14H,15-16H2,1H3,(H,27,29)(H,28,30)/b26-14-. The van der Waals surface area contributed by atoms with E-state index in [0.29, 0.717) is 22.2 Å². The second-order valence-electron chi connectivity index (χ2n) is 6.67. The molecule has 0 aliphatic rings. The molecule has 0 fully saturated rings. The summed E-state index contributed by atoms with van der Waals surface area (Å²) in [4.78, 5) is 24.9. The lowest BCUT2D eigenvalue weighted by atomic mass is 10.2. The Balaban J connectivity index is 1.38. The Labute approximate surface area is 201 Å². The highest BCUT2D eigenvalue weighted by atomic mass is 35.5. The molecular weight excluding hydrogens is 462 g/mol. The van der Waals surface area contributed by atoms with Crippen molar-refractivity contribution in [2.45, 2.75) is 4.90 Å². The lowest BCUT2D eigenvalue weighted by Crippen LogP contribution is -2.20. The number of ether oxygens (including phenoxy) is 2. The molecular formula is C24H22ClN3O4S. The van der Waals surface area contributed by atoms with Gasteiger partial charge in [0.15, 0.2) is 6.61 Å². The molecule has 0 atom stereocenters. The van der Waals surface area contributed by atoms with E-state index in [-0.39, 0.29) is 24.2 Å². The minimum Gasteiger partial charge on any atom is -0.497 e. The number of thioether (sulfide) groups is 1. The maximum Gasteiger partial charge on any atom is 0.262 e. The molecule has 0 bridgehead atoms. The molecule has 2 amide bonds. The van der Waals surface area contributed by atoms with Crippen LogP contribution in [0.25, 0.3) is 0 Å². The fourth-order valence-corrected chi connectivity index (χ4v) is 3.38. The maximum atomic E-state index is 12.0. The molecule has 3 aromatic rings. The van der Waals surface area contributed by atoms with Gasteiger partial charge < -0.3 is 14.8 Å². The zero-order valence-electron chi connectivity index (χ0n) is 17.8. The third kappa shape index (κ3) is 8.51. The predicted octanol–water partition coefficient (Wildman–Crippen LogP) is 4.61. The number of amides is 2. The average Bonchev–Trinajstić information content (AvgIpc) is 2.84. The van der Waals surface area contributed by atoms with Gasteiger partial charge in [0.05, 0.1) is 19.1 Å². The molecule has 0 unspecified atom stereocenters. The number of methoxy groups -OCH3 is 1. The van der Waals surface area contributed by atoms with E-state index in [4.69, 9.17) is 21.1 Å². The van der Waals surface area contributed by atoms with Crippen molar-refractivity contribution in [1.82, 2.24) is 5.43 Å². The van der Waals surface area contributed by atoms with Gasteiger partial charge in [0, 0.05) is 15.6 Å². The Morgan fingerprint density at radius 1 is 0.939 bits per heavy atom. The summed E-state index contributed by atoms with van der Waals surface area (Å²) < 4.78 is 10.6. The van der Waals surface area contributed by atoms with Crippen LogP contribution in [-0.4, -0.2) is 37.5 Å². The molecule has 0 saturated heterocycles. The Hall–Kier alpha value is -3.49. The normalized spacial score (nSPS) is 10.6. The molecule has 0 aliphatic heterocycles. The van der Waals surface area contributed by atoms with Crippen molar-refractivity contribution >= 4 is 47.1 Å². The molecule has 0 saturated carbocycles. The van der Waals surface area contributed by atoms with Crippen LogP contribution < -0.4 is 20.2 Å². The average molecular weight is 484 g/mol. The summed E-state index contributed by atoms with van der Waals surface area (Å²) in [5, 5.41) is 7.36. The Morgan fingerprint density at radius 2 is 1.61 bits per heavy atom. The number of rotatable bonds is 10. The molecule has 3 aromatic carbocycles. The van der Waals surface area contributed by atoms with Gasteiger partial charge in [0.1, 0.15) is 11.5 Å². The van der Waals surface area contributed by atoms with Crippen molar-refractivity contribution in [2.75, 3.05) is 24.8 Å². The predicted molar refractivity (Wildman–Crippen MR) is 131 cm³/mol. The zero-order chi connectivity index (χ0) is 23.5. The van der Waals surface area contributed by atoms with Gasteiger partial charge >= 0.3 is 0 Å². The highest BCUT2D eigenvalue weighted by Crippen LogP contribution is 2.20. The first-order valence-electron chi connectivity index (χ1n) is 9.89. The smallest absolute Gasteiger partial charge is 0.262 e. The molecule has 9 heteroatoms. The third-order valence-corrected chi connectivity index (χ3v) is 5.47. The van der Waals surface area contributed by atoms with E-state index in [1.165, 1.54) is 18.0 Å². The number of nitrogens with one attached hydrogen (secondary N) is 2. The van der Waals surface area contributed by atoms with Crippen molar-refractivity contribution in [3.05, 3.63) is 83.4 Å². The van der Waals surface area contributed by atoms with Gasteiger partial charge in [-0.1, -0.05) is 11.6 Å². The van der Waals surface area contributed by atoms with Crippen molar-refractivity contribution < 1.29 is 19.1 Å². The van der Waals surface area contributed by atoms with E-state index >= 15 is 0 Å². The lowest BCUT2D eigenvalue weighted by molar-refractivity contribution is -0.119. The van der Waals surface area contributed by atoms with Crippen LogP contribution in [0, 0.1) is 0 Å². The molecule has 0 heterocycles. The van der Waals surface area contributed by atoms with Gasteiger partial charge in [-0.3, -0.25) is 9.59 Å². The second kappa shape index (κ2) is 12.5. The van der Waals surface area contributed by atoms with Gasteiger partial charge in [0.25, 0.3) is 5.91 Å². The Kier molecular flexibility index (Phi) is 9.17. The van der Waals surface area contributed by atoms with Crippen LogP contribution in [0.4, 0.5) is 5.69 Å². The molecule has 2 N–H and O–H groups in total. The number of carbonyl (C=O) groups is 2. The lowest BCUT2D eigenvalue weighted by Gasteiger charge is -2.08. The highest BCUT2D eigenvalue weighted by molar-refractivity contribution is 8.00. The first-order chi connectivity index (χ1) is 16.0. The quantitative estimate of drug-likeness (QED) is 0.250. The number of hydrogen-bond acceptors (Lipinski definition) is 6. The number of nitrogens with zero attached hydrogens (tertiary/aromatic N) is 1. The van der Waals surface area contributed by atoms with Crippen molar-refractivity contribution in [3.63, 3.8) is 0 Å². The summed E-state index contributed by atoms with van der Waals surface area (Å²) in [5.74, 6) is 1.01. The van der Waals surface area contributed by atoms with Crippen molar-refractivity contribution in [1.29, 1.82) is 0 Å². The summed E-state index contributed by atoms with van der Waals surface area (Å²) in [6, 6.07) is 21.3. The molecule has 170 valence electrons. The minimum atomic E-state index is -0.273. The number of anilines is 1. The van der Waals surface area contributed by atoms with Crippen LogP contribution in [0.15, 0.2) is 82.8 Å². The molecule has 0 radical (unpaired) electrons. The van der Waals surface area contributed by atoms with E-state index in [2.05, 4.69) is 15.8 Å². The Morgan fingerprint density at radius 3 is 2.27 bits per heavy atom. The van der Waals surface area contributed by atoms with E-state index in [0.717, 1.165) is 10.5 Å². The zero-order valence-corrected chi connectivity index (χ0v) is 19.4. The second-order valence-corrected chi connectivity index (χ2v) is 8.16. The molecule has 33 heavy (non-hydrogen) atoms. The summed E-state index contributed by atoms with van der Waals surface area (Å²) in [7, 11) is 1.58. The highest BCUT2D eigenvalue weighted by Gasteiger charge is 2.05. The minimum absolute atomic E-state index is 0.124. The van der Waals surface area contributed by atoms with Crippen LogP contribution in [-0.2, 0) is 9.59 Å². The number of halogens is 1. The first-order valence-corrected chi connectivity index (χ1v) is 11.3. The summed E-state index contributed by atoms with van der Waals surface area (Å²) in [6.07, 6.45) is 1.53. The molecule has 0 spiro atoms. The molecule has 7 nitrogen and oxygen atoms in total. The van der Waals surface area contributed by atoms with Crippen LogP contribution in [0.1, 0.15) is 5.56 Å². The van der Waals surface area contributed by atoms with Crippen LogP contribution in [0.3, 0.4) is 0 Å². The van der Waals surface area contributed by atoms with Crippen LogP contribution >= 0.6 is 23.4 Å². The van der Waals surface area contributed by atoms with Gasteiger partial charge in [-0.2, -0.15) is 5.10 Å². The molecule has 0 aliphatic carbocycles. The third-order valence-electron chi connectivity index (χ3n) is 4.21. The van der Waals surface area contributed by atoms with Gasteiger partial charge in [0.2, 0.25) is 5.91 Å². The Bertz CT molecular complexity index is 1090. The first kappa shape index (κ1) is 24.2. The van der Waals surface area contributed by atoms with Gasteiger partial charge in [-0.05, 0) is 78.4 Å².